The molecule has 0 aliphatic heterocycles. The van der Waals surface area contributed by atoms with Gasteiger partial charge in [-0.1, -0.05) is 18.2 Å². The van der Waals surface area contributed by atoms with E-state index in [2.05, 4.69) is 5.32 Å². The second kappa shape index (κ2) is 5.60. The van der Waals surface area contributed by atoms with E-state index in [1.165, 1.54) is 11.3 Å². The average molecular weight is 259 g/mol. The number of carbonyl (C=O) groups excluding carboxylic acids is 2. The maximum atomic E-state index is 12.0. The van der Waals surface area contributed by atoms with Crippen molar-refractivity contribution in [2.45, 2.75) is 13.0 Å². The van der Waals surface area contributed by atoms with E-state index in [0.29, 0.717) is 11.1 Å². The molecule has 0 aliphatic rings. The summed E-state index contributed by atoms with van der Waals surface area (Å²) in [6.45, 7) is 1.70. The van der Waals surface area contributed by atoms with Gasteiger partial charge in [0, 0.05) is 16.5 Å². The molecule has 3 nitrogen and oxygen atoms in total. The standard InChI is InChI=1S/C14H13NO2S/c1-10(13(16)12-7-8-18-9-12)15-14(17)11-5-3-2-4-6-11/h2-10H,1H3,(H,15,17). The Morgan fingerprint density at radius 1 is 1.11 bits per heavy atom. The van der Waals surface area contributed by atoms with Gasteiger partial charge >= 0.3 is 0 Å². The number of rotatable bonds is 4. The highest BCUT2D eigenvalue weighted by Gasteiger charge is 2.18. The molecule has 2 aromatic rings. The van der Waals surface area contributed by atoms with Gasteiger partial charge in [-0.2, -0.15) is 11.3 Å². The smallest absolute Gasteiger partial charge is 0.251 e. The van der Waals surface area contributed by atoms with E-state index < -0.39 is 6.04 Å². The van der Waals surface area contributed by atoms with Gasteiger partial charge in [-0.25, -0.2) is 0 Å². The number of benzene rings is 1. The monoisotopic (exact) mass is 259 g/mol. The van der Waals surface area contributed by atoms with Gasteiger partial charge in [0.15, 0.2) is 5.78 Å². The van der Waals surface area contributed by atoms with Crippen LogP contribution in [-0.2, 0) is 0 Å². The maximum absolute atomic E-state index is 12.0. The molecule has 1 unspecified atom stereocenters. The van der Waals surface area contributed by atoms with Crippen molar-refractivity contribution in [1.82, 2.24) is 5.32 Å². The molecule has 2 rings (SSSR count). The fourth-order valence-corrected chi connectivity index (χ4v) is 2.23. The number of Topliss-reactive ketones (excluding diaryl/α,β-unsaturated/α-hetero) is 1. The predicted octanol–water partition coefficient (Wildman–Crippen LogP) is 2.75. The summed E-state index contributed by atoms with van der Waals surface area (Å²) in [4.78, 5) is 23.8. The summed E-state index contributed by atoms with van der Waals surface area (Å²) in [6, 6.07) is 10.1. The fourth-order valence-electron chi connectivity index (χ4n) is 1.59. The fraction of sp³-hybridized carbons (Fsp3) is 0.143. The van der Waals surface area contributed by atoms with Crippen LogP contribution in [0.3, 0.4) is 0 Å². The van der Waals surface area contributed by atoms with Crippen molar-refractivity contribution >= 4 is 23.0 Å². The number of thiophene rings is 1. The van der Waals surface area contributed by atoms with Crippen LogP contribution in [0, 0.1) is 0 Å². The molecule has 0 fully saturated rings. The molecule has 0 bridgehead atoms. The zero-order valence-corrected chi connectivity index (χ0v) is 10.7. The van der Waals surface area contributed by atoms with Gasteiger partial charge in [0.1, 0.15) is 0 Å². The van der Waals surface area contributed by atoms with Crippen LogP contribution < -0.4 is 5.32 Å². The van der Waals surface area contributed by atoms with E-state index in [0.717, 1.165) is 0 Å². The summed E-state index contributed by atoms with van der Waals surface area (Å²) in [5.41, 5.74) is 1.20. The van der Waals surface area contributed by atoms with Crippen LogP contribution in [0.4, 0.5) is 0 Å². The first kappa shape index (κ1) is 12.5. The van der Waals surface area contributed by atoms with Crippen molar-refractivity contribution in [2.24, 2.45) is 0 Å². The van der Waals surface area contributed by atoms with Crippen LogP contribution in [0.5, 0.6) is 0 Å². The lowest BCUT2D eigenvalue weighted by Gasteiger charge is -2.12. The van der Waals surface area contributed by atoms with Crippen LogP contribution in [0.25, 0.3) is 0 Å². The largest absolute Gasteiger partial charge is 0.342 e. The van der Waals surface area contributed by atoms with Gasteiger partial charge in [0.05, 0.1) is 6.04 Å². The SMILES string of the molecule is CC(NC(=O)c1ccccc1)C(=O)c1ccsc1. The van der Waals surface area contributed by atoms with Crippen molar-refractivity contribution < 1.29 is 9.59 Å². The van der Waals surface area contributed by atoms with Crippen LogP contribution >= 0.6 is 11.3 Å². The average Bonchev–Trinajstić information content (AvgIpc) is 2.92. The van der Waals surface area contributed by atoms with Crippen LogP contribution in [-0.4, -0.2) is 17.7 Å². The Morgan fingerprint density at radius 2 is 1.83 bits per heavy atom. The van der Waals surface area contributed by atoms with Crippen LogP contribution in [0.15, 0.2) is 47.2 Å². The van der Waals surface area contributed by atoms with Gasteiger partial charge in [0.25, 0.3) is 5.91 Å². The molecular weight excluding hydrogens is 246 g/mol. The van der Waals surface area contributed by atoms with E-state index in [9.17, 15) is 9.59 Å². The summed E-state index contributed by atoms with van der Waals surface area (Å²) in [7, 11) is 0. The van der Waals surface area contributed by atoms with Crippen molar-refractivity contribution in [3.8, 4) is 0 Å². The summed E-state index contributed by atoms with van der Waals surface area (Å²) in [6.07, 6.45) is 0. The molecule has 18 heavy (non-hydrogen) atoms. The van der Waals surface area contributed by atoms with Gasteiger partial charge in [0.2, 0.25) is 0 Å². The lowest BCUT2D eigenvalue weighted by molar-refractivity contribution is 0.0866. The zero-order chi connectivity index (χ0) is 13.0. The van der Waals surface area contributed by atoms with E-state index in [-0.39, 0.29) is 11.7 Å². The topological polar surface area (TPSA) is 46.2 Å². The Kier molecular flexibility index (Phi) is 3.89. The lowest BCUT2D eigenvalue weighted by Crippen LogP contribution is -2.38. The van der Waals surface area contributed by atoms with Crippen molar-refractivity contribution in [2.75, 3.05) is 0 Å². The molecule has 0 aliphatic carbocycles. The number of hydrogen-bond donors (Lipinski definition) is 1. The molecule has 0 saturated carbocycles. The minimum absolute atomic E-state index is 0.0690. The molecule has 0 saturated heterocycles. The highest BCUT2D eigenvalue weighted by molar-refractivity contribution is 7.08. The predicted molar refractivity (Wildman–Crippen MR) is 72.0 cm³/mol. The Hall–Kier alpha value is -1.94. The Morgan fingerprint density at radius 3 is 2.44 bits per heavy atom. The molecule has 1 atom stereocenters. The van der Waals surface area contributed by atoms with E-state index in [1.807, 2.05) is 11.4 Å². The third-order valence-electron chi connectivity index (χ3n) is 2.58. The van der Waals surface area contributed by atoms with Gasteiger partial charge < -0.3 is 5.32 Å². The highest BCUT2D eigenvalue weighted by atomic mass is 32.1. The molecule has 1 aromatic heterocycles. The van der Waals surface area contributed by atoms with E-state index in [4.69, 9.17) is 0 Å². The summed E-state index contributed by atoms with van der Waals surface area (Å²) < 4.78 is 0. The first-order valence-electron chi connectivity index (χ1n) is 5.61. The van der Waals surface area contributed by atoms with Crippen molar-refractivity contribution in [3.63, 3.8) is 0 Å². The molecule has 0 spiro atoms. The molecule has 1 N–H and O–H groups in total. The number of hydrogen-bond acceptors (Lipinski definition) is 3. The number of amides is 1. The normalized spacial score (nSPS) is 11.8. The number of ketones is 1. The summed E-state index contributed by atoms with van der Waals surface area (Å²) >= 11 is 1.47. The summed E-state index contributed by atoms with van der Waals surface area (Å²) in [5, 5.41) is 6.33. The molecular formula is C14H13NO2S. The third kappa shape index (κ3) is 2.84. The van der Waals surface area contributed by atoms with Gasteiger partial charge in [-0.3, -0.25) is 9.59 Å². The second-order valence-electron chi connectivity index (χ2n) is 3.94. The minimum Gasteiger partial charge on any atom is -0.342 e. The number of carbonyl (C=O) groups is 2. The van der Waals surface area contributed by atoms with Crippen LogP contribution in [0.2, 0.25) is 0 Å². The maximum Gasteiger partial charge on any atom is 0.251 e. The molecule has 4 heteroatoms. The molecule has 1 aromatic carbocycles. The minimum atomic E-state index is -0.521. The Balaban J connectivity index is 2.02. The first-order chi connectivity index (χ1) is 8.68. The Bertz CT molecular complexity index is 534. The highest BCUT2D eigenvalue weighted by Crippen LogP contribution is 2.09. The molecule has 92 valence electrons. The van der Waals surface area contributed by atoms with Gasteiger partial charge in [-0.15, -0.1) is 0 Å². The van der Waals surface area contributed by atoms with Crippen molar-refractivity contribution in [1.29, 1.82) is 0 Å². The molecule has 1 amide bonds. The number of nitrogens with one attached hydrogen (secondary N) is 1. The lowest BCUT2D eigenvalue weighted by atomic mass is 10.1. The quantitative estimate of drug-likeness (QED) is 0.858. The first-order valence-corrected chi connectivity index (χ1v) is 6.55. The third-order valence-corrected chi connectivity index (χ3v) is 3.27. The zero-order valence-electron chi connectivity index (χ0n) is 9.92. The Labute approximate surface area is 109 Å². The van der Waals surface area contributed by atoms with Crippen LogP contribution in [0.1, 0.15) is 27.6 Å². The second-order valence-corrected chi connectivity index (χ2v) is 4.72. The molecule has 0 radical (unpaired) electrons. The summed E-state index contributed by atoms with van der Waals surface area (Å²) in [5.74, 6) is -0.299. The van der Waals surface area contributed by atoms with Gasteiger partial charge in [-0.05, 0) is 30.5 Å². The van der Waals surface area contributed by atoms with E-state index in [1.54, 1.807) is 42.6 Å². The molecule has 1 heterocycles. The van der Waals surface area contributed by atoms with E-state index >= 15 is 0 Å². The van der Waals surface area contributed by atoms with Crippen molar-refractivity contribution in [3.05, 3.63) is 58.3 Å².